The molecule has 0 unspecified atom stereocenters. The number of amides is 4. The third-order valence-corrected chi connectivity index (χ3v) is 4.49. The fourth-order valence-electron chi connectivity index (χ4n) is 3.83. The summed E-state index contributed by atoms with van der Waals surface area (Å²) in [5.74, 6) is -2.89. The first kappa shape index (κ1) is 21.8. The number of nitrogens with one attached hydrogen (secondary N) is 2. The van der Waals surface area contributed by atoms with Gasteiger partial charge in [-0.3, -0.25) is 14.5 Å². The smallest absolute Gasteiger partial charge is 0.325 e. The molecule has 4 amide bonds. The van der Waals surface area contributed by atoms with E-state index in [-0.39, 0.29) is 11.0 Å². The van der Waals surface area contributed by atoms with Crippen LogP contribution in [0.4, 0.5) is 13.6 Å². The van der Waals surface area contributed by atoms with Crippen molar-refractivity contribution in [2.24, 2.45) is 5.41 Å². The minimum absolute atomic E-state index is 0.0366. The number of carbonyl (C=O) groups is 3. The summed E-state index contributed by atoms with van der Waals surface area (Å²) < 4.78 is 27.7. The molecule has 2 rings (SSSR count). The lowest BCUT2D eigenvalue weighted by atomic mass is 9.82. The summed E-state index contributed by atoms with van der Waals surface area (Å²) in [6.45, 7) is 10.6. The Hall–Kier alpha value is -2.51. The van der Waals surface area contributed by atoms with Crippen LogP contribution in [0.1, 0.15) is 53.5 Å². The molecule has 0 bridgehead atoms. The van der Waals surface area contributed by atoms with Crippen LogP contribution >= 0.6 is 0 Å². The summed E-state index contributed by atoms with van der Waals surface area (Å²) in [5.41, 5.74) is -2.66. The number of urea groups is 1. The van der Waals surface area contributed by atoms with Crippen LogP contribution in [0.15, 0.2) is 18.2 Å². The monoisotopic (exact) mass is 395 g/mol. The van der Waals surface area contributed by atoms with Crippen molar-refractivity contribution in [3.63, 3.8) is 0 Å². The highest BCUT2D eigenvalue weighted by Crippen LogP contribution is 2.31. The Kier molecular flexibility index (Phi) is 5.56. The lowest BCUT2D eigenvalue weighted by Gasteiger charge is -2.33. The molecular formula is C20H27F2N3O3. The van der Waals surface area contributed by atoms with Crippen molar-refractivity contribution < 1.29 is 23.2 Å². The number of carbonyl (C=O) groups excluding carboxylic acids is 3. The zero-order valence-corrected chi connectivity index (χ0v) is 17.1. The van der Waals surface area contributed by atoms with E-state index in [1.807, 2.05) is 34.6 Å². The maximum atomic E-state index is 14.2. The molecule has 1 aliphatic heterocycles. The standard InChI is InChI=1S/C20H27F2N3O3/c1-18(2,3)11-19(4,5)23-15(26)10-25-16(27)20(6,24-17(25)28)13-9-12(21)7-8-14(13)22/h7-9H,10-11H2,1-6H3,(H,23,26)(H,24,28)/t20-/m1/s1. The van der Waals surface area contributed by atoms with E-state index in [1.165, 1.54) is 6.92 Å². The Morgan fingerprint density at radius 1 is 1.18 bits per heavy atom. The van der Waals surface area contributed by atoms with Gasteiger partial charge >= 0.3 is 6.03 Å². The van der Waals surface area contributed by atoms with Crippen LogP contribution in [0.3, 0.4) is 0 Å². The summed E-state index contributed by atoms with van der Waals surface area (Å²) in [6.07, 6.45) is 0.679. The lowest BCUT2D eigenvalue weighted by Crippen LogP contribution is -2.50. The van der Waals surface area contributed by atoms with Crippen molar-refractivity contribution in [1.29, 1.82) is 0 Å². The molecule has 154 valence electrons. The molecular weight excluding hydrogens is 368 g/mol. The Bertz CT molecular complexity index is 817. The van der Waals surface area contributed by atoms with Crippen molar-refractivity contribution in [1.82, 2.24) is 15.5 Å². The van der Waals surface area contributed by atoms with Gasteiger partial charge in [0.1, 0.15) is 23.7 Å². The van der Waals surface area contributed by atoms with E-state index < -0.39 is 47.1 Å². The van der Waals surface area contributed by atoms with Crippen molar-refractivity contribution in [2.45, 2.75) is 59.0 Å². The normalized spacial score (nSPS) is 20.4. The van der Waals surface area contributed by atoms with Crippen LogP contribution in [0, 0.1) is 17.0 Å². The number of halogens is 2. The van der Waals surface area contributed by atoms with E-state index in [0.717, 1.165) is 18.2 Å². The zero-order chi connectivity index (χ0) is 21.5. The summed E-state index contributed by atoms with van der Waals surface area (Å²) in [5, 5.41) is 5.19. The molecule has 1 aliphatic rings. The first-order valence-corrected chi connectivity index (χ1v) is 9.05. The highest BCUT2D eigenvalue weighted by atomic mass is 19.1. The predicted octanol–water partition coefficient (Wildman–Crippen LogP) is 3.06. The van der Waals surface area contributed by atoms with E-state index >= 15 is 0 Å². The average molecular weight is 395 g/mol. The van der Waals surface area contributed by atoms with Gasteiger partial charge in [-0.2, -0.15) is 0 Å². The van der Waals surface area contributed by atoms with Gasteiger partial charge in [0.05, 0.1) is 0 Å². The minimum atomic E-state index is -1.79. The summed E-state index contributed by atoms with van der Waals surface area (Å²) >= 11 is 0. The van der Waals surface area contributed by atoms with Gasteiger partial charge in [0, 0.05) is 11.1 Å². The first-order valence-electron chi connectivity index (χ1n) is 9.05. The molecule has 1 aromatic carbocycles. The van der Waals surface area contributed by atoms with Gasteiger partial charge in [-0.05, 0) is 50.8 Å². The van der Waals surface area contributed by atoms with Crippen LogP contribution in [-0.4, -0.2) is 34.8 Å². The molecule has 0 aliphatic carbocycles. The van der Waals surface area contributed by atoms with Gasteiger partial charge in [-0.15, -0.1) is 0 Å². The quantitative estimate of drug-likeness (QED) is 0.752. The topological polar surface area (TPSA) is 78.5 Å². The summed E-state index contributed by atoms with van der Waals surface area (Å²) in [6, 6.07) is 1.84. The second-order valence-corrected chi connectivity index (χ2v) is 9.24. The van der Waals surface area contributed by atoms with Gasteiger partial charge in [0.15, 0.2) is 0 Å². The van der Waals surface area contributed by atoms with Crippen LogP contribution in [0.5, 0.6) is 0 Å². The minimum Gasteiger partial charge on any atom is -0.350 e. The highest BCUT2D eigenvalue weighted by molar-refractivity contribution is 6.09. The predicted molar refractivity (Wildman–Crippen MR) is 100 cm³/mol. The maximum Gasteiger partial charge on any atom is 0.325 e. The molecule has 0 saturated carbocycles. The molecule has 2 N–H and O–H groups in total. The van der Waals surface area contributed by atoms with Gasteiger partial charge in [0.25, 0.3) is 5.91 Å². The average Bonchev–Trinajstić information content (AvgIpc) is 2.71. The molecule has 28 heavy (non-hydrogen) atoms. The van der Waals surface area contributed by atoms with Gasteiger partial charge in [-0.25, -0.2) is 13.6 Å². The highest BCUT2D eigenvalue weighted by Gasteiger charge is 2.51. The van der Waals surface area contributed by atoms with Crippen LogP contribution in [0.2, 0.25) is 0 Å². The van der Waals surface area contributed by atoms with Gasteiger partial charge in [-0.1, -0.05) is 20.8 Å². The first-order chi connectivity index (χ1) is 12.6. The third-order valence-electron chi connectivity index (χ3n) is 4.49. The van der Waals surface area contributed by atoms with E-state index in [4.69, 9.17) is 0 Å². The number of imide groups is 1. The van der Waals surface area contributed by atoms with E-state index in [1.54, 1.807) is 0 Å². The molecule has 1 aromatic rings. The lowest BCUT2D eigenvalue weighted by molar-refractivity contribution is -0.135. The molecule has 1 saturated heterocycles. The molecule has 6 nitrogen and oxygen atoms in total. The molecule has 8 heteroatoms. The van der Waals surface area contributed by atoms with Crippen molar-refractivity contribution in [3.05, 3.63) is 35.4 Å². The SMILES string of the molecule is CC(C)(C)CC(C)(C)NC(=O)CN1C(=O)N[C@](C)(c2cc(F)ccc2F)C1=O. The van der Waals surface area contributed by atoms with Crippen LogP contribution in [0.25, 0.3) is 0 Å². The zero-order valence-electron chi connectivity index (χ0n) is 17.1. The van der Waals surface area contributed by atoms with E-state index in [0.29, 0.717) is 11.3 Å². The Morgan fingerprint density at radius 3 is 2.36 bits per heavy atom. The third kappa shape index (κ3) is 4.66. The van der Waals surface area contributed by atoms with Crippen molar-refractivity contribution >= 4 is 17.8 Å². The van der Waals surface area contributed by atoms with Crippen molar-refractivity contribution in [2.75, 3.05) is 6.54 Å². The Balaban J connectivity index is 2.18. The molecule has 0 aromatic heterocycles. The van der Waals surface area contributed by atoms with E-state index in [2.05, 4.69) is 10.6 Å². The second kappa shape index (κ2) is 7.14. The largest absolute Gasteiger partial charge is 0.350 e. The van der Waals surface area contributed by atoms with Crippen LogP contribution in [-0.2, 0) is 15.1 Å². The second-order valence-electron chi connectivity index (χ2n) is 9.24. The van der Waals surface area contributed by atoms with Crippen LogP contribution < -0.4 is 10.6 Å². The number of hydrogen-bond acceptors (Lipinski definition) is 3. The molecule has 1 atom stereocenters. The van der Waals surface area contributed by atoms with Gasteiger partial charge < -0.3 is 10.6 Å². The number of nitrogens with zero attached hydrogens (tertiary/aromatic N) is 1. The molecule has 1 heterocycles. The maximum absolute atomic E-state index is 14.2. The summed E-state index contributed by atoms with van der Waals surface area (Å²) in [7, 11) is 0. The molecule has 1 fully saturated rings. The Labute approximate surface area is 163 Å². The van der Waals surface area contributed by atoms with Crippen molar-refractivity contribution in [3.8, 4) is 0 Å². The fraction of sp³-hybridized carbons (Fsp3) is 0.550. The number of rotatable bonds is 5. The van der Waals surface area contributed by atoms with E-state index in [9.17, 15) is 23.2 Å². The Morgan fingerprint density at radius 2 is 1.79 bits per heavy atom. The fourth-order valence-corrected chi connectivity index (χ4v) is 3.83. The van der Waals surface area contributed by atoms with Gasteiger partial charge in [0.2, 0.25) is 5.91 Å². The number of benzene rings is 1. The summed E-state index contributed by atoms with van der Waals surface area (Å²) in [4.78, 5) is 38.3. The molecule has 0 spiro atoms. The molecule has 0 radical (unpaired) electrons. The number of hydrogen-bond donors (Lipinski definition) is 2.